The predicted octanol–water partition coefficient (Wildman–Crippen LogP) is 2.67. The number of hydrogen-bond acceptors (Lipinski definition) is 5. The van der Waals surface area contributed by atoms with Crippen LogP contribution in [-0.2, 0) is 11.0 Å². The van der Waals surface area contributed by atoms with Gasteiger partial charge in [0.2, 0.25) is 5.91 Å². The molecule has 5 fully saturated rings. The second-order valence-corrected chi connectivity index (χ2v) is 10.3. The van der Waals surface area contributed by atoms with Crippen LogP contribution in [0.1, 0.15) is 44.6 Å². The lowest BCUT2D eigenvalue weighted by molar-refractivity contribution is -0.148. The first-order valence-electron chi connectivity index (χ1n) is 11.7. The van der Waals surface area contributed by atoms with Crippen molar-refractivity contribution < 1.29 is 23.1 Å². The van der Waals surface area contributed by atoms with Gasteiger partial charge in [0.1, 0.15) is 5.82 Å². The van der Waals surface area contributed by atoms with Crippen molar-refractivity contribution in [3.8, 4) is 0 Å². The second kappa shape index (κ2) is 7.87. The van der Waals surface area contributed by atoms with Crippen molar-refractivity contribution in [1.29, 1.82) is 0 Å². The number of alkyl halides is 3. The van der Waals surface area contributed by atoms with E-state index in [0.29, 0.717) is 49.8 Å². The standard InChI is InChI=1S/C23H31F3N4O2/c1-14(21(31)28-20-16-8-15-9-17(20)12-22(32,10-15)11-16)29-4-6-30(7-5-29)19-3-2-18(13-27-19)23(24,25)26/h2-3,13-17,20,32H,4-12H2,1H3,(H,28,31)/t14?,15?,16-,17?,20?,22?/m0/s1. The number of carbonyl (C=O) groups excluding carboxylic acids is 1. The minimum atomic E-state index is -4.39. The monoisotopic (exact) mass is 452 g/mol. The van der Waals surface area contributed by atoms with E-state index in [4.69, 9.17) is 0 Å². The van der Waals surface area contributed by atoms with E-state index < -0.39 is 17.3 Å². The zero-order valence-corrected chi connectivity index (χ0v) is 18.3. The summed E-state index contributed by atoms with van der Waals surface area (Å²) in [7, 11) is 0. The van der Waals surface area contributed by atoms with Crippen LogP contribution >= 0.6 is 0 Å². The fraction of sp³-hybridized carbons (Fsp3) is 0.739. The summed E-state index contributed by atoms with van der Waals surface area (Å²) in [6.07, 6.45) is 1.24. The molecule has 6 rings (SSSR count). The fourth-order valence-electron chi connectivity index (χ4n) is 6.75. The quantitative estimate of drug-likeness (QED) is 0.735. The minimum Gasteiger partial charge on any atom is -0.390 e. The van der Waals surface area contributed by atoms with Crippen molar-refractivity contribution in [3.05, 3.63) is 23.9 Å². The van der Waals surface area contributed by atoms with E-state index >= 15 is 0 Å². The molecule has 1 aliphatic heterocycles. The van der Waals surface area contributed by atoms with E-state index in [2.05, 4.69) is 15.2 Å². The number of nitrogens with zero attached hydrogens (tertiary/aromatic N) is 3. The van der Waals surface area contributed by atoms with Gasteiger partial charge in [-0.25, -0.2) is 4.98 Å². The van der Waals surface area contributed by atoms with Crippen molar-refractivity contribution in [1.82, 2.24) is 15.2 Å². The molecule has 1 aromatic rings. The first-order chi connectivity index (χ1) is 15.1. The molecular weight excluding hydrogens is 421 g/mol. The summed E-state index contributed by atoms with van der Waals surface area (Å²) in [6.45, 7) is 4.44. The third-order valence-electron chi connectivity index (χ3n) is 8.19. The van der Waals surface area contributed by atoms with Crippen LogP contribution in [0, 0.1) is 17.8 Å². The number of hydrogen-bond donors (Lipinski definition) is 2. The van der Waals surface area contributed by atoms with Gasteiger partial charge in [-0.2, -0.15) is 13.2 Å². The molecule has 32 heavy (non-hydrogen) atoms. The summed E-state index contributed by atoms with van der Waals surface area (Å²) in [6, 6.07) is 2.37. The van der Waals surface area contributed by atoms with Gasteiger partial charge in [0.15, 0.2) is 0 Å². The molecule has 2 N–H and O–H groups in total. The lowest BCUT2D eigenvalue weighted by atomic mass is 9.52. The molecule has 0 spiro atoms. The number of pyridine rings is 1. The first kappa shape index (κ1) is 21.9. The molecule has 1 saturated heterocycles. The summed E-state index contributed by atoms with van der Waals surface area (Å²) in [5.41, 5.74) is -1.26. The van der Waals surface area contributed by atoms with E-state index in [1.54, 1.807) is 0 Å². The molecule has 5 unspecified atom stereocenters. The SMILES string of the molecule is CC(C(=O)NC1C2CC3C[C@H]1CC(O)(C3)C2)N1CCN(c2ccc(C(F)(F)F)cn2)CC1. The van der Waals surface area contributed by atoms with Crippen LogP contribution in [-0.4, -0.2) is 64.8 Å². The van der Waals surface area contributed by atoms with E-state index in [9.17, 15) is 23.1 Å². The highest BCUT2D eigenvalue weighted by Gasteiger charge is 2.55. The van der Waals surface area contributed by atoms with Gasteiger partial charge in [-0.1, -0.05) is 0 Å². The van der Waals surface area contributed by atoms with Gasteiger partial charge in [-0.05, 0) is 68.9 Å². The molecule has 4 saturated carbocycles. The maximum absolute atomic E-state index is 13.0. The molecular formula is C23H31F3N4O2. The number of halogens is 3. The highest BCUT2D eigenvalue weighted by atomic mass is 19.4. The number of aliphatic hydroxyl groups is 1. The zero-order valence-electron chi connectivity index (χ0n) is 18.3. The van der Waals surface area contributed by atoms with Crippen molar-refractivity contribution >= 4 is 11.7 Å². The largest absolute Gasteiger partial charge is 0.417 e. The van der Waals surface area contributed by atoms with E-state index in [1.165, 1.54) is 6.07 Å². The topological polar surface area (TPSA) is 68.7 Å². The van der Waals surface area contributed by atoms with Crippen LogP contribution in [0.3, 0.4) is 0 Å². The molecule has 1 aromatic heterocycles. The van der Waals surface area contributed by atoms with Crippen molar-refractivity contribution in [2.45, 2.75) is 62.9 Å². The third-order valence-corrected chi connectivity index (χ3v) is 8.19. The van der Waals surface area contributed by atoms with Crippen molar-refractivity contribution in [2.24, 2.45) is 17.8 Å². The molecule has 4 aliphatic carbocycles. The Morgan fingerprint density at radius 3 is 2.34 bits per heavy atom. The molecule has 9 heteroatoms. The second-order valence-electron chi connectivity index (χ2n) is 10.3. The summed E-state index contributed by atoms with van der Waals surface area (Å²) in [5.74, 6) is 1.93. The number of anilines is 1. The maximum Gasteiger partial charge on any atom is 0.417 e. The smallest absolute Gasteiger partial charge is 0.390 e. The van der Waals surface area contributed by atoms with Gasteiger partial charge in [0, 0.05) is 38.4 Å². The molecule has 176 valence electrons. The van der Waals surface area contributed by atoms with Crippen LogP contribution in [0.15, 0.2) is 18.3 Å². The Hall–Kier alpha value is -1.87. The van der Waals surface area contributed by atoms with Crippen LogP contribution in [0.2, 0.25) is 0 Å². The molecule has 0 radical (unpaired) electrons. The van der Waals surface area contributed by atoms with Crippen LogP contribution in [0.5, 0.6) is 0 Å². The molecule has 6 nitrogen and oxygen atoms in total. The number of aromatic nitrogens is 1. The first-order valence-corrected chi connectivity index (χ1v) is 11.7. The van der Waals surface area contributed by atoms with Crippen LogP contribution < -0.4 is 10.2 Å². The summed E-state index contributed by atoms with van der Waals surface area (Å²) in [5, 5.41) is 14.1. The van der Waals surface area contributed by atoms with Crippen LogP contribution in [0.4, 0.5) is 19.0 Å². The molecule has 1 amide bonds. The van der Waals surface area contributed by atoms with E-state index in [0.717, 1.165) is 44.4 Å². The van der Waals surface area contributed by atoms with Gasteiger partial charge >= 0.3 is 6.18 Å². The van der Waals surface area contributed by atoms with E-state index in [1.807, 2.05) is 11.8 Å². The Morgan fingerprint density at radius 2 is 1.81 bits per heavy atom. The number of amides is 1. The van der Waals surface area contributed by atoms with E-state index in [-0.39, 0.29) is 18.0 Å². The average molecular weight is 453 g/mol. The minimum absolute atomic E-state index is 0.0376. The normalized spacial score (nSPS) is 35.7. The molecule has 4 bridgehead atoms. The maximum atomic E-state index is 13.0. The lowest BCUT2D eigenvalue weighted by Gasteiger charge is -2.58. The zero-order chi connectivity index (χ0) is 22.7. The van der Waals surface area contributed by atoms with Crippen molar-refractivity contribution in [3.63, 3.8) is 0 Å². The lowest BCUT2D eigenvalue weighted by Crippen LogP contribution is -2.63. The van der Waals surface area contributed by atoms with Gasteiger partial charge < -0.3 is 15.3 Å². The molecule has 6 atom stereocenters. The van der Waals surface area contributed by atoms with Crippen LogP contribution in [0.25, 0.3) is 0 Å². The van der Waals surface area contributed by atoms with Gasteiger partial charge in [-0.15, -0.1) is 0 Å². The Balaban J connectivity index is 1.14. The van der Waals surface area contributed by atoms with Gasteiger partial charge in [0.05, 0.1) is 17.2 Å². The summed E-state index contributed by atoms with van der Waals surface area (Å²) >= 11 is 0. The Bertz CT molecular complexity index is 838. The molecule has 0 aromatic carbocycles. The van der Waals surface area contributed by atoms with Gasteiger partial charge in [0.25, 0.3) is 0 Å². The molecule has 5 aliphatic rings. The Labute approximate surface area is 186 Å². The Morgan fingerprint density at radius 1 is 1.16 bits per heavy atom. The third kappa shape index (κ3) is 4.09. The van der Waals surface area contributed by atoms with Crippen molar-refractivity contribution in [2.75, 3.05) is 31.1 Å². The summed E-state index contributed by atoms with van der Waals surface area (Å²) < 4.78 is 38.2. The number of rotatable bonds is 4. The van der Waals surface area contributed by atoms with Gasteiger partial charge in [-0.3, -0.25) is 9.69 Å². The Kier molecular flexibility index (Phi) is 5.40. The fourth-order valence-corrected chi connectivity index (χ4v) is 6.75. The number of carbonyl (C=O) groups is 1. The molecule has 2 heterocycles. The average Bonchev–Trinajstić information content (AvgIpc) is 2.74. The highest BCUT2D eigenvalue weighted by Crippen LogP contribution is 2.55. The number of nitrogens with one attached hydrogen (secondary N) is 1. The highest BCUT2D eigenvalue weighted by molar-refractivity contribution is 5.81. The predicted molar refractivity (Wildman–Crippen MR) is 113 cm³/mol. The summed E-state index contributed by atoms with van der Waals surface area (Å²) in [4.78, 5) is 21.1. The number of piperazine rings is 1.